The number of benzene rings is 1. The Labute approximate surface area is 133 Å². The average Bonchev–Trinajstić information content (AvgIpc) is 2.53. The van der Waals surface area contributed by atoms with Crippen LogP contribution in [0.15, 0.2) is 18.2 Å². The number of likely N-dealkylation sites (N-methyl/N-ethyl adjacent to an activating group) is 1. The minimum Gasteiger partial charge on any atom is -0.483 e. The Kier molecular flexibility index (Phi) is 5.83. The van der Waals surface area contributed by atoms with Crippen LogP contribution in [0, 0.1) is 13.8 Å². The zero-order valence-corrected chi connectivity index (χ0v) is 14.1. The summed E-state index contributed by atoms with van der Waals surface area (Å²) in [5.41, 5.74) is 2.13. The van der Waals surface area contributed by atoms with Crippen molar-refractivity contribution in [1.29, 1.82) is 0 Å². The Balaban J connectivity index is 1.87. The molecular formula is C18H27NO3. The fourth-order valence-electron chi connectivity index (χ4n) is 3.13. The molecule has 122 valence electrons. The van der Waals surface area contributed by atoms with Crippen LogP contribution in [0.1, 0.15) is 36.8 Å². The predicted octanol–water partition coefficient (Wildman–Crippen LogP) is 3.10. The van der Waals surface area contributed by atoms with Crippen LogP contribution in [0.5, 0.6) is 5.75 Å². The third-order valence-electron chi connectivity index (χ3n) is 4.67. The van der Waals surface area contributed by atoms with Crippen molar-refractivity contribution in [2.75, 3.05) is 20.8 Å². The number of aryl methyl sites for hydroxylation is 2. The molecule has 1 aromatic rings. The lowest BCUT2D eigenvalue weighted by atomic mass is 9.92. The van der Waals surface area contributed by atoms with Gasteiger partial charge in [-0.2, -0.15) is 0 Å². The number of hydrogen-bond donors (Lipinski definition) is 0. The first-order valence-corrected chi connectivity index (χ1v) is 8.00. The molecule has 0 radical (unpaired) electrons. The van der Waals surface area contributed by atoms with E-state index in [1.54, 1.807) is 7.11 Å². The van der Waals surface area contributed by atoms with Crippen molar-refractivity contribution < 1.29 is 14.3 Å². The van der Waals surface area contributed by atoms with Crippen LogP contribution in [0.2, 0.25) is 0 Å². The zero-order chi connectivity index (χ0) is 16.1. The lowest BCUT2D eigenvalue weighted by Crippen LogP contribution is -2.42. The molecule has 0 spiro atoms. The number of para-hydroxylation sites is 1. The first-order valence-electron chi connectivity index (χ1n) is 8.00. The van der Waals surface area contributed by atoms with Gasteiger partial charge in [0, 0.05) is 20.2 Å². The van der Waals surface area contributed by atoms with Gasteiger partial charge in [-0.3, -0.25) is 4.79 Å². The Bertz CT molecular complexity index is 487. The topological polar surface area (TPSA) is 38.8 Å². The second kappa shape index (κ2) is 7.63. The maximum atomic E-state index is 12.4. The van der Waals surface area contributed by atoms with Crippen LogP contribution >= 0.6 is 0 Å². The number of nitrogens with zero attached hydrogens (tertiary/aromatic N) is 1. The van der Waals surface area contributed by atoms with E-state index in [2.05, 4.69) is 0 Å². The van der Waals surface area contributed by atoms with Gasteiger partial charge in [-0.1, -0.05) is 18.2 Å². The summed E-state index contributed by atoms with van der Waals surface area (Å²) in [6.45, 7) is 4.11. The van der Waals surface area contributed by atoms with Crippen LogP contribution in [0.4, 0.5) is 0 Å². The van der Waals surface area contributed by atoms with Crippen LogP contribution in [-0.2, 0) is 9.53 Å². The molecule has 0 aromatic heterocycles. The van der Waals surface area contributed by atoms with Gasteiger partial charge < -0.3 is 14.4 Å². The number of methoxy groups -OCH3 is 1. The molecule has 4 nitrogen and oxygen atoms in total. The molecule has 2 rings (SSSR count). The third-order valence-corrected chi connectivity index (χ3v) is 4.67. The molecular weight excluding hydrogens is 278 g/mol. The van der Waals surface area contributed by atoms with Gasteiger partial charge in [-0.05, 0) is 50.7 Å². The van der Waals surface area contributed by atoms with E-state index in [0.717, 1.165) is 42.6 Å². The van der Waals surface area contributed by atoms with Crippen molar-refractivity contribution in [1.82, 2.24) is 4.90 Å². The minimum absolute atomic E-state index is 0.0449. The Hall–Kier alpha value is -1.55. The van der Waals surface area contributed by atoms with Crippen molar-refractivity contribution in [3.63, 3.8) is 0 Å². The number of ether oxygens (including phenoxy) is 2. The maximum Gasteiger partial charge on any atom is 0.260 e. The summed E-state index contributed by atoms with van der Waals surface area (Å²) in [6.07, 6.45) is 4.41. The third kappa shape index (κ3) is 4.01. The largest absolute Gasteiger partial charge is 0.483 e. The number of hydrogen-bond acceptors (Lipinski definition) is 3. The standard InChI is InChI=1S/C18H27NO3/c1-13-6-5-7-14(2)18(13)22-12-17(20)19(3)15-8-10-16(21-4)11-9-15/h5-7,15-16H,8-12H2,1-4H3. The molecule has 22 heavy (non-hydrogen) atoms. The van der Waals surface area contributed by atoms with E-state index in [4.69, 9.17) is 9.47 Å². The average molecular weight is 305 g/mol. The molecule has 0 saturated heterocycles. The highest BCUT2D eigenvalue weighted by Crippen LogP contribution is 2.25. The number of amides is 1. The number of carbonyl (C=O) groups excluding carboxylic acids is 1. The van der Waals surface area contributed by atoms with Gasteiger partial charge in [0.05, 0.1) is 6.10 Å². The first kappa shape index (κ1) is 16.8. The highest BCUT2D eigenvalue weighted by Gasteiger charge is 2.26. The van der Waals surface area contributed by atoms with Gasteiger partial charge in [0.15, 0.2) is 6.61 Å². The quantitative estimate of drug-likeness (QED) is 0.839. The van der Waals surface area contributed by atoms with Gasteiger partial charge in [0.25, 0.3) is 5.91 Å². The normalized spacial score (nSPS) is 21.5. The SMILES string of the molecule is COC1CCC(N(C)C(=O)COc2c(C)cccc2C)CC1. The predicted molar refractivity (Wildman–Crippen MR) is 87.2 cm³/mol. The molecule has 0 bridgehead atoms. The summed E-state index contributed by atoms with van der Waals surface area (Å²) in [6, 6.07) is 6.31. The molecule has 4 heteroatoms. The van der Waals surface area contributed by atoms with E-state index in [1.807, 2.05) is 44.0 Å². The second-order valence-electron chi connectivity index (χ2n) is 6.18. The first-order chi connectivity index (χ1) is 10.5. The smallest absolute Gasteiger partial charge is 0.260 e. The van der Waals surface area contributed by atoms with E-state index >= 15 is 0 Å². The van der Waals surface area contributed by atoms with E-state index in [0.29, 0.717) is 12.1 Å². The lowest BCUT2D eigenvalue weighted by molar-refractivity contribution is -0.135. The fraction of sp³-hybridized carbons (Fsp3) is 0.611. The van der Waals surface area contributed by atoms with Crippen LogP contribution in [0.25, 0.3) is 0 Å². The number of carbonyl (C=O) groups is 1. The molecule has 1 aliphatic carbocycles. The molecule has 0 heterocycles. The molecule has 0 atom stereocenters. The summed E-state index contributed by atoms with van der Waals surface area (Å²) in [4.78, 5) is 14.2. The molecule has 0 N–H and O–H groups in total. The van der Waals surface area contributed by atoms with Crippen LogP contribution in [-0.4, -0.2) is 43.7 Å². The molecule has 1 amide bonds. The van der Waals surface area contributed by atoms with Gasteiger partial charge in [0.2, 0.25) is 0 Å². The van der Waals surface area contributed by atoms with Crippen LogP contribution in [0.3, 0.4) is 0 Å². The van der Waals surface area contributed by atoms with E-state index in [-0.39, 0.29) is 12.5 Å². The van der Waals surface area contributed by atoms with Gasteiger partial charge in [-0.15, -0.1) is 0 Å². The van der Waals surface area contributed by atoms with E-state index in [1.165, 1.54) is 0 Å². The van der Waals surface area contributed by atoms with Crippen molar-refractivity contribution >= 4 is 5.91 Å². The van der Waals surface area contributed by atoms with Crippen molar-refractivity contribution in [3.8, 4) is 5.75 Å². The Morgan fingerprint density at radius 3 is 2.32 bits per heavy atom. The van der Waals surface area contributed by atoms with Crippen molar-refractivity contribution in [2.45, 2.75) is 51.7 Å². The van der Waals surface area contributed by atoms with Gasteiger partial charge in [-0.25, -0.2) is 0 Å². The Morgan fingerprint density at radius 2 is 1.77 bits per heavy atom. The summed E-state index contributed by atoms with van der Waals surface area (Å²) in [5.74, 6) is 0.871. The Morgan fingerprint density at radius 1 is 1.18 bits per heavy atom. The molecule has 0 unspecified atom stereocenters. The van der Waals surface area contributed by atoms with Gasteiger partial charge >= 0.3 is 0 Å². The molecule has 1 aromatic carbocycles. The molecule has 1 aliphatic rings. The lowest BCUT2D eigenvalue weighted by Gasteiger charge is -2.34. The summed E-state index contributed by atoms with van der Waals surface area (Å²) >= 11 is 0. The second-order valence-corrected chi connectivity index (χ2v) is 6.18. The zero-order valence-electron chi connectivity index (χ0n) is 14.1. The molecule has 1 fully saturated rings. The summed E-state index contributed by atoms with van der Waals surface area (Å²) < 4.78 is 11.2. The van der Waals surface area contributed by atoms with Crippen LogP contribution < -0.4 is 4.74 Å². The monoisotopic (exact) mass is 305 g/mol. The highest BCUT2D eigenvalue weighted by atomic mass is 16.5. The van der Waals surface area contributed by atoms with Crippen molar-refractivity contribution in [2.24, 2.45) is 0 Å². The minimum atomic E-state index is 0.0449. The van der Waals surface area contributed by atoms with Gasteiger partial charge in [0.1, 0.15) is 5.75 Å². The van der Waals surface area contributed by atoms with E-state index < -0.39 is 0 Å². The van der Waals surface area contributed by atoms with Crippen molar-refractivity contribution in [3.05, 3.63) is 29.3 Å². The summed E-state index contributed by atoms with van der Waals surface area (Å²) in [5, 5.41) is 0. The van der Waals surface area contributed by atoms with E-state index in [9.17, 15) is 4.79 Å². The molecule has 0 aliphatic heterocycles. The number of rotatable bonds is 5. The maximum absolute atomic E-state index is 12.4. The molecule has 1 saturated carbocycles. The summed E-state index contributed by atoms with van der Waals surface area (Å²) in [7, 11) is 3.65. The highest BCUT2D eigenvalue weighted by molar-refractivity contribution is 5.78. The fourth-order valence-corrected chi connectivity index (χ4v) is 3.13.